The van der Waals surface area contributed by atoms with Crippen LogP contribution in [-0.2, 0) is 9.31 Å². The summed E-state index contributed by atoms with van der Waals surface area (Å²) in [7, 11) is 2.99. The van der Waals surface area contributed by atoms with Gasteiger partial charge in [-0.2, -0.15) is 0 Å². The summed E-state index contributed by atoms with van der Waals surface area (Å²) in [6, 6.07) is 7.45. The summed E-state index contributed by atoms with van der Waals surface area (Å²) in [6.07, 6.45) is 1.94. The lowest BCUT2D eigenvalue weighted by Gasteiger charge is -2.32. The van der Waals surface area contributed by atoms with Gasteiger partial charge in [0.05, 0.1) is 11.2 Å². The Morgan fingerprint density at radius 2 is 1.79 bits per heavy atom. The predicted octanol–water partition coefficient (Wildman–Crippen LogP) is 2.36. The second-order valence-corrected chi connectivity index (χ2v) is 7.34. The first-order chi connectivity index (χ1) is 11.1. The van der Waals surface area contributed by atoms with Gasteiger partial charge in [0, 0.05) is 26.2 Å². The highest BCUT2D eigenvalue weighted by Gasteiger charge is 2.52. The highest BCUT2D eigenvalue weighted by atomic mass is 16.7. The van der Waals surface area contributed by atoms with Gasteiger partial charge in [-0.15, -0.1) is 0 Å². The fraction of sp³-hybridized carbons (Fsp3) is 0.500. The lowest BCUT2D eigenvalue weighted by atomic mass is 9.77. The molecule has 130 valence electrons. The van der Waals surface area contributed by atoms with Gasteiger partial charge in [-0.3, -0.25) is 4.79 Å². The van der Waals surface area contributed by atoms with Crippen LogP contribution in [0.4, 0.5) is 0 Å². The summed E-state index contributed by atoms with van der Waals surface area (Å²) in [4.78, 5) is 13.7. The zero-order chi connectivity index (χ0) is 18.1. The standard InChI is InChI=1S/C18H27BN2O3/c1-17(2)18(3,4)24-19(23-17)15(12-20)11-13-8-7-9-14(10-13)16(22)21(5)6/h7-11H,12,20H2,1-6H3. The lowest BCUT2D eigenvalue weighted by Crippen LogP contribution is -2.41. The number of hydrogen-bond donors (Lipinski definition) is 1. The van der Waals surface area contributed by atoms with Gasteiger partial charge >= 0.3 is 7.12 Å². The molecule has 0 aromatic heterocycles. The van der Waals surface area contributed by atoms with Gasteiger partial charge in [-0.1, -0.05) is 18.2 Å². The number of hydrogen-bond acceptors (Lipinski definition) is 4. The molecule has 1 aliphatic rings. The first-order valence-electron chi connectivity index (χ1n) is 8.15. The van der Waals surface area contributed by atoms with Crippen LogP contribution in [0, 0.1) is 0 Å². The molecule has 0 unspecified atom stereocenters. The molecule has 0 spiro atoms. The van der Waals surface area contributed by atoms with E-state index >= 15 is 0 Å². The molecule has 0 saturated carbocycles. The van der Waals surface area contributed by atoms with Gasteiger partial charge in [-0.25, -0.2) is 0 Å². The zero-order valence-corrected chi connectivity index (χ0v) is 15.4. The summed E-state index contributed by atoms with van der Waals surface area (Å²) in [5.74, 6) is -0.0322. The molecule has 2 rings (SSSR count). The monoisotopic (exact) mass is 330 g/mol. The van der Waals surface area contributed by atoms with E-state index in [-0.39, 0.29) is 5.91 Å². The van der Waals surface area contributed by atoms with Crippen molar-refractivity contribution >= 4 is 19.1 Å². The molecule has 0 aliphatic carbocycles. The Bertz CT molecular complexity index is 637. The Labute approximate surface area is 144 Å². The molecule has 0 radical (unpaired) electrons. The minimum atomic E-state index is -0.479. The molecular weight excluding hydrogens is 303 g/mol. The van der Waals surface area contributed by atoms with Crippen molar-refractivity contribution in [3.8, 4) is 0 Å². The number of nitrogens with zero attached hydrogens (tertiary/aromatic N) is 1. The maximum absolute atomic E-state index is 12.1. The average molecular weight is 330 g/mol. The first kappa shape index (κ1) is 18.7. The molecule has 1 fully saturated rings. The normalized spacial score (nSPS) is 19.5. The van der Waals surface area contributed by atoms with Crippen molar-refractivity contribution in [2.45, 2.75) is 38.9 Å². The number of carbonyl (C=O) groups excluding carboxylic acids is 1. The van der Waals surface area contributed by atoms with E-state index < -0.39 is 18.3 Å². The van der Waals surface area contributed by atoms with Crippen LogP contribution in [0.3, 0.4) is 0 Å². The van der Waals surface area contributed by atoms with Crippen LogP contribution >= 0.6 is 0 Å². The number of carbonyl (C=O) groups is 1. The van der Waals surface area contributed by atoms with Crippen molar-refractivity contribution in [1.29, 1.82) is 0 Å². The number of nitrogens with two attached hydrogens (primary N) is 1. The third kappa shape index (κ3) is 3.71. The van der Waals surface area contributed by atoms with Gasteiger partial charge in [0.2, 0.25) is 0 Å². The quantitative estimate of drug-likeness (QED) is 0.861. The molecule has 1 heterocycles. The Kier molecular flexibility index (Phi) is 5.23. The van der Waals surface area contributed by atoms with Crippen LogP contribution in [0.5, 0.6) is 0 Å². The van der Waals surface area contributed by atoms with E-state index in [1.54, 1.807) is 25.1 Å². The SMILES string of the molecule is CN(C)C(=O)c1cccc(C=C(CN)B2OC(C)(C)C(C)(C)O2)c1. The van der Waals surface area contributed by atoms with Gasteiger partial charge in [0.25, 0.3) is 5.91 Å². The van der Waals surface area contributed by atoms with Gasteiger partial charge in [0.1, 0.15) is 0 Å². The van der Waals surface area contributed by atoms with Gasteiger partial charge in [0.15, 0.2) is 0 Å². The molecular formula is C18H27BN2O3. The maximum atomic E-state index is 12.1. The summed E-state index contributed by atoms with van der Waals surface area (Å²) in [5, 5.41) is 0. The van der Waals surface area contributed by atoms with E-state index in [0.717, 1.165) is 11.0 Å². The van der Waals surface area contributed by atoms with E-state index in [4.69, 9.17) is 15.0 Å². The second kappa shape index (κ2) is 6.71. The molecule has 6 heteroatoms. The van der Waals surface area contributed by atoms with Crippen molar-refractivity contribution < 1.29 is 14.1 Å². The number of rotatable bonds is 4. The number of benzene rings is 1. The predicted molar refractivity (Wildman–Crippen MR) is 97.6 cm³/mol. The van der Waals surface area contributed by atoms with Crippen molar-refractivity contribution in [3.05, 3.63) is 40.9 Å². The minimum Gasteiger partial charge on any atom is -0.400 e. The van der Waals surface area contributed by atoms with Gasteiger partial charge in [-0.05, 0) is 50.9 Å². The topological polar surface area (TPSA) is 64.8 Å². The van der Waals surface area contributed by atoms with Gasteiger partial charge < -0.3 is 19.9 Å². The molecule has 24 heavy (non-hydrogen) atoms. The van der Waals surface area contributed by atoms with Crippen molar-refractivity contribution in [2.24, 2.45) is 5.73 Å². The average Bonchev–Trinajstić information content (AvgIpc) is 2.72. The molecule has 1 aliphatic heterocycles. The molecule has 0 atom stereocenters. The molecule has 1 amide bonds. The summed E-state index contributed by atoms with van der Waals surface area (Å²) >= 11 is 0. The molecule has 1 saturated heterocycles. The maximum Gasteiger partial charge on any atom is 0.491 e. The molecule has 5 nitrogen and oxygen atoms in total. The molecule has 2 N–H and O–H groups in total. The van der Waals surface area contributed by atoms with Crippen molar-refractivity contribution in [1.82, 2.24) is 4.90 Å². The smallest absolute Gasteiger partial charge is 0.400 e. The van der Waals surface area contributed by atoms with Crippen LogP contribution in [0.25, 0.3) is 6.08 Å². The van der Waals surface area contributed by atoms with E-state index in [0.29, 0.717) is 12.1 Å². The Balaban J connectivity index is 2.29. The third-order valence-corrected chi connectivity index (χ3v) is 4.68. The zero-order valence-electron chi connectivity index (χ0n) is 15.4. The third-order valence-electron chi connectivity index (χ3n) is 4.68. The largest absolute Gasteiger partial charge is 0.491 e. The summed E-state index contributed by atoms with van der Waals surface area (Å²) in [5.41, 5.74) is 7.49. The number of amides is 1. The van der Waals surface area contributed by atoms with Crippen LogP contribution in [0.2, 0.25) is 0 Å². The van der Waals surface area contributed by atoms with Crippen molar-refractivity contribution in [3.63, 3.8) is 0 Å². The van der Waals surface area contributed by atoms with Crippen LogP contribution in [-0.4, -0.2) is 49.8 Å². The lowest BCUT2D eigenvalue weighted by molar-refractivity contribution is 0.00578. The Morgan fingerprint density at radius 1 is 1.21 bits per heavy atom. The highest BCUT2D eigenvalue weighted by Crippen LogP contribution is 2.38. The molecule has 0 bridgehead atoms. The Hall–Kier alpha value is -1.63. The van der Waals surface area contributed by atoms with Crippen molar-refractivity contribution in [2.75, 3.05) is 20.6 Å². The van der Waals surface area contributed by atoms with E-state index in [1.165, 1.54) is 0 Å². The second-order valence-electron chi connectivity index (χ2n) is 7.34. The van der Waals surface area contributed by atoms with E-state index in [9.17, 15) is 4.79 Å². The van der Waals surface area contributed by atoms with E-state index in [1.807, 2.05) is 52.0 Å². The molecule has 1 aromatic carbocycles. The highest BCUT2D eigenvalue weighted by molar-refractivity contribution is 6.55. The van der Waals surface area contributed by atoms with Crippen LogP contribution in [0.15, 0.2) is 29.7 Å². The minimum absolute atomic E-state index is 0.0322. The summed E-state index contributed by atoms with van der Waals surface area (Å²) in [6.45, 7) is 8.37. The Morgan fingerprint density at radius 3 is 2.29 bits per heavy atom. The first-order valence-corrected chi connectivity index (χ1v) is 8.15. The van der Waals surface area contributed by atoms with Crippen LogP contribution in [0.1, 0.15) is 43.6 Å². The summed E-state index contributed by atoms with van der Waals surface area (Å²) < 4.78 is 12.1. The fourth-order valence-corrected chi connectivity index (χ4v) is 2.45. The van der Waals surface area contributed by atoms with Crippen LogP contribution < -0.4 is 5.73 Å². The molecule has 1 aromatic rings. The van der Waals surface area contributed by atoms with E-state index in [2.05, 4.69) is 0 Å². The fourth-order valence-electron chi connectivity index (χ4n) is 2.45.